The molecule has 0 aromatic rings. The Bertz CT molecular complexity index is 698. The molecule has 0 saturated carbocycles. The SMILES string of the molecule is CC(N)C(=O)NC(CS)C(=O)NC(CCCN=C(N)N)C(=O)NC(CC(=O)O)C(=O)O. The molecule has 0 rings (SSSR count). The van der Waals surface area contributed by atoms with Gasteiger partial charge in [0.2, 0.25) is 17.7 Å². The standard InChI is InChI=1S/C16H29N7O7S/c1-7(17)12(26)23-10(6-31)14(28)21-8(3-2-4-20-16(18)19)13(27)22-9(15(29)30)5-11(24)25/h7-10,31H,2-6,17H2,1H3,(H,21,28)(H,22,27)(H,23,26)(H,24,25)(H,29,30)(H4,18,19,20). The largest absolute Gasteiger partial charge is 0.481 e. The number of hydrogen-bond acceptors (Lipinski definition) is 8. The number of aliphatic imine (C=N–C) groups is 1. The number of nitrogens with zero attached hydrogens (tertiary/aromatic N) is 1. The van der Waals surface area contributed by atoms with Gasteiger partial charge in [0, 0.05) is 12.3 Å². The Morgan fingerprint density at radius 1 is 0.935 bits per heavy atom. The van der Waals surface area contributed by atoms with Gasteiger partial charge < -0.3 is 43.4 Å². The first kappa shape index (κ1) is 27.9. The Morgan fingerprint density at radius 2 is 1.45 bits per heavy atom. The zero-order valence-electron chi connectivity index (χ0n) is 16.9. The fraction of sp³-hybridized carbons (Fsp3) is 0.625. The maximum atomic E-state index is 12.6. The van der Waals surface area contributed by atoms with Gasteiger partial charge in [-0.15, -0.1) is 0 Å². The molecule has 3 amide bonds. The molecule has 4 unspecified atom stereocenters. The highest BCUT2D eigenvalue weighted by atomic mass is 32.1. The molecule has 0 aromatic carbocycles. The first-order valence-electron chi connectivity index (χ1n) is 9.16. The number of carbonyl (C=O) groups is 5. The second-order valence-electron chi connectivity index (χ2n) is 6.54. The minimum absolute atomic E-state index is 0.00566. The number of carboxylic acids is 2. The van der Waals surface area contributed by atoms with Gasteiger partial charge in [-0.3, -0.25) is 24.2 Å². The van der Waals surface area contributed by atoms with Gasteiger partial charge in [-0.1, -0.05) is 0 Å². The van der Waals surface area contributed by atoms with Gasteiger partial charge in [0.25, 0.3) is 0 Å². The third kappa shape index (κ3) is 11.6. The van der Waals surface area contributed by atoms with E-state index in [-0.39, 0.29) is 31.1 Å². The predicted molar refractivity (Wildman–Crippen MR) is 113 cm³/mol. The number of guanidine groups is 1. The number of nitrogens with one attached hydrogen (secondary N) is 3. The Balaban J connectivity index is 5.37. The number of rotatable bonds is 14. The summed E-state index contributed by atoms with van der Waals surface area (Å²) >= 11 is 3.99. The van der Waals surface area contributed by atoms with Crippen LogP contribution in [0.2, 0.25) is 0 Å². The summed E-state index contributed by atoms with van der Waals surface area (Å²) in [5.74, 6) is -5.59. The molecule has 0 aliphatic heterocycles. The van der Waals surface area contributed by atoms with Crippen LogP contribution in [0.25, 0.3) is 0 Å². The van der Waals surface area contributed by atoms with Crippen LogP contribution in [0.5, 0.6) is 0 Å². The van der Waals surface area contributed by atoms with Crippen LogP contribution in [0, 0.1) is 0 Å². The second kappa shape index (κ2) is 14.0. The van der Waals surface area contributed by atoms with Crippen molar-refractivity contribution in [3.63, 3.8) is 0 Å². The first-order valence-corrected chi connectivity index (χ1v) is 9.79. The van der Waals surface area contributed by atoms with Crippen molar-refractivity contribution in [2.45, 2.75) is 50.4 Å². The van der Waals surface area contributed by atoms with Gasteiger partial charge >= 0.3 is 11.9 Å². The Labute approximate surface area is 183 Å². The number of amides is 3. The van der Waals surface area contributed by atoms with Crippen molar-refractivity contribution in [2.24, 2.45) is 22.2 Å². The summed E-state index contributed by atoms with van der Waals surface area (Å²) in [6, 6.07) is -4.97. The van der Waals surface area contributed by atoms with Crippen molar-refractivity contribution in [3.05, 3.63) is 0 Å². The average Bonchev–Trinajstić information content (AvgIpc) is 2.66. The molecule has 4 atom stereocenters. The van der Waals surface area contributed by atoms with Crippen LogP contribution in [0.1, 0.15) is 26.2 Å². The molecule has 0 bridgehead atoms. The monoisotopic (exact) mass is 463 g/mol. The Morgan fingerprint density at radius 3 is 1.90 bits per heavy atom. The minimum Gasteiger partial charge on any atom is -0.481 e. The average molecular weight is 464 g/mol. The van der Waals surface area contributed by atoms with Gasteiger partial charge in [-0.2, -0.15) is 12.6 Å². The van der Waals surface area contributed by atoms with E-state index in [4.69, 9.17) is 27.4 Å². The molecule has 0 fully saturated rings. The molecular weight excluding hydrogens is 434 g/mol. The lowest BCUT2D eigenvalue weighted by Gasteiger charge is -2.24. The highest BCUT2D eigenvalue weighted by Gasteiger charge is 2.30. The molecule has 0 saturated heterocycles. The van der Waals surface area contributed by atoms with Crippen LogP contribution >= 0.6 is 12.6 Å². The zero-order chi connectivity index (χ0) is 24.1. The second-order valence-corrected chi connectivity index (χ2v) is 6.90. The number of carbonyl (C=O) groups excluding carboxylic acids is 3. The van der Waals surface area contributed by atoms with E-state index in [1.165, 1.54) is 6.92 Å². The van der Waals surface area contributed by atoms with Crippen LogP contribution in [0.15, 0.2) is 4.99 Å². The van der Waals surface area contributed by atoms with E-state index in [0.29, 0.717) is 0 Å². The summed E-state index contributed by atoms with van der Waals surface area (Å²) < 4.78 is 0. The third-order valence-electron chi connectivity index (χ3n) is 3.80. The molecule has 0 aliphatic carbocycles. The molecule has 31 heavy (non-hydrogen) atoms. The first-order chi connectivity index (χ1) is 14.4. The predicted octanol–water partition coefficient (Wildman–Crippen LogP) is -3.67. The van der Waals surface area contributed by atoms with Crippen molar-refractivity contribution >= 4 is 48.2 Å². The Hall–Kier alpha value is -3.07. The summed E-state index contributed by atoms with van der Waals surface area (Å²) in [6.45, 7) is 1.54. The van der Waals surface area contributed by atoms with Gasteiger partial charge in [0.05, 0.1) is 12.5 Å². The zero-order valence-corrected chi connectivity index (χ0v) is 17.8. The summed E-state index contributed by atoms with van der Waals surface area (Å²) in [4.78, 5) is 62.6. The highest BCUT2D eigenvalue weighted by molar-refractivity contribution is 7.80. The lowest BCUT2D eigenvalue weighted by molar-refractivity contribution is -0.147. The van der Waals surface area contributed by atoms with E-state index in [0.717, 1.165) is 0 Å². The molecular formula is C16H29N7O7S. The van der Waals surface area contributed by atoms with E-state index >= 15 is 0 Å². The molecule has 0 spiro atoms. The van der Waals surface area contributed by atoms with E-state index in [2.05, 4.69) is 33.6 Å². The van der Waals surface area contributed by atoms with Crippen LogP contribution in [0.4, 0.5) is 0 Å². The fourth-order valence-electron chi connectivity index (χ4n) is 2.19. The summed E-state index contributed by atoms with van der Waals surface area (Å²) in [7, 11) is 0. The fourth-order valence-corrected chi connectivity index (χ4v) is 2.45. The van der Waals surface area contributed by atoms with E-state index in [1.54, 1.807) is 0 Å². The van der Waals surface area contributed by atoms with Crippen LogP contribution < -0.4 is 33.2 Å². The molecule has 14 nitrogen and oxygen atoms in total. The summed E-state index contributed by atoms with van der Waals surface area (Å²) in [6.07, 6.45) is -0.640. The van der Waals surface area contributed by atoms with Crippen molar-refractivity contribution in [2.75, 3.05) is 12.3 Å². The quantitative estimate of drug-likeness (QED) is 0.0528. The van der Waals surface area contributed by atoms with E-state index in [1.807, 2.05) is 0 Å². The molecule has 0 aromatic heterocycles. The minimum atomic E-state index is -1.71. The maximum absolute atomic E-state index is 12.6. The third-order valence-corrected chi connectivity index (χ3v) is 4.17. The summed E-state index contributed by atoms with van der Waals surface area (Å²) in [5.41, 5.74) is 15.9. The van der Waals surface area contributed by atoms with Crippen molar-refractivity contribution < 1.29 is 34.2 Å². The van der Waals surface area contributed by atoms with Crippen LogP contribution in [0.3, 0.4) is 0 Å². The molecule has 0 heterocycles. The topological polar surface area (TPSA) is 252 Å². The highest BCUT2D eigenvalue weighted by Crippen LogP contribution is 2.03. The van der Waals surface area contributed by atoms with Gasteiger partial charge in [0.15, 0.2) is 5.96 Å². The van der Waals surface area contributed by atoms with Crippen molar-refractivity contribution in [1.29, 1.82) is 0 Å². The van der Waals surface area contributed by atoms with Gasteiger partial charge in [-0.05, 0) is 19.8 Å². The number of thiol groups is 1. The number of nitrogens with two attached hydrogens (primary N) is 3. The summed E-state index contributed by atoms with van der Waals surface area (Å²) in [5, 5.41) is 24.7. The number of aliphatic carboxylic acids is 2. The lowest BCUT2D eigenvalue weighted by atomic mass is 10.1. The molecule has 11 N–H and O–H groups in total. The van der Waals surface area contributed by atoms with Crippen LogP contribution in [-0.4, -0.2) is 82.3 Å². The Kier molecular flexibility index (Phi) is 12.6. The van der Waals surface area contributed by atoms with Gasteiger partial charge in [-0.25, -0.2) is 4.79 Å². The molecule has 0 radical (unpaired) electrons. The van der Waals surface area contributed by atoms with Crippen LogP contribution in [-0.2, 0) is 24.0 Å². The number of hydrogen-bond donors (Lipinski definition) is 9. The normalized spacial score (nSPS) is 14.3. The maximum Gasteiger partial charge on any atom is 0.326 e. The van der Waals surface area contributed by atoms with E-state index < -0.39 is 60.2 Å². The number of carboxylic acid groups (broad SMARTS) is 2. The molecule has 0 aliphatic rings. The lowest BCUT2D eigenvalue weighted by Crippen LogP contribution is -2.57. The van der Waals surface area contributed by atoms with E-state index in [9.17, 15) is 24.0 Å². The van der Waals surface area contributed by atoms with Gasteiger partial charge in [0.1, 0.15) is 18.1 Å². The molecule has 176 valence electrons. The van der Waals surface area contributed by atoms with Crippen molar-refractivity contribution in [1.82, 2.24) is 16.0 Å². The smallest absolute Gasteiger partial charge is 0.326 e. The van der Waals surface area contributed by atoms with Crippen molar-refractivity contribution in [3.8, 4) is 0 Å². The molecule has 15 heteroatoms.